The molecule has 1 aromatic rings. The first-order chi connectivity index (χ1) is 7.86. The van der Waals surface area contributed by atoms with Crippen LogP contribution in [0.4, 0.5) is 5.82 Å². The summed E-state index contributed by atoms with van der Waals surface area (Å²) in [5, 5.41) is 0. The van der Waals surface area contributed by atoms with E-state index in [-0.39, 0.29) is 0 Å². The number of hydrogen-bond acceptors (Lipinski definition) is 3. The van der Waals surface area contributed by atoms with E-state index in [2.05, 4.69) is 22.9 Å². The summed E-state index contributed by atoms with van der Waals surface area (Å²) < 4.78 is 0. The van der Waals surface area contributed by atoms with Gasteiger partial charge in [-0.3, -0.25) is 0 Å². The summed E-state index contributed by atoms with van der Waals surface area (Å²) in [6.07, 6.45) is 7.17. The summed E-state index contributed by atoms with van der Waals surface area (Å²) >= 11 is 0. The maximum Gasteiger partial charge on any atom is 0.133 e. The average molecular weight is 219 g/mol. The van der Waals surface area contributed by atoms with Crippen molar-refractivity contribution in [3.8, 4) is 0 Å². The average Bonchev–Trinajstić information content (AvgIpc) is 2.84. The van der Waals surface area contributed by atoms with Crippen LogP contribution in [0.15, 0.2) is 18.3 Å². The molecule has 1 aliphatic carbocycles. The van der Waals surface area contributed by atoms with Crippen LogP contribution in [0.3, 0.4) is 0 Å². The molecule has 0 amide bonds. The second-order valence-electron chi connectivity index (χ2n) is 4.41. The summed E-state index contributed by atoms with van der Waals surface area (Å²) in [5.74, 6) is 1.10. The van der Waals surface area contributed by atoms with E-state index in [4.69, 9.17) is 5.73 Å². The molecule has 0 radical (unpaired) electrons. The largest absolute Gasteiger partial charge is 0.354 e. The lowest BCUT2D eigenvalue weighted by molar-refractivity contribution is 0.610. The fourth-order valence-electron chi connectivity index (χ4n) is 2.65. The van der Waals surface area contributed by atoms with Crippen molar-refractivity contribution in [1.82, 2.24) is 4.98 Å². The van der Waals surface area contributed by atoms with E-state index < -0.39 is 0 Å². The van der Waals surface area contributed by atoms with E-state index in [1.807, 2.05) is 12.3 Å². The number of pyridine rings is 1. The van der Waals surface area contributed by atoms with Crippen LogP contribution in [-0.4, -0.2) is 17.6 Å². The molecule has 1 saturated carbocycles. The van der Waals surface area contributed by atoms with Gasteiger partial charge in [0.25, 0.3) is 0 Å². The summed E-state index contributed by atoms with van der Waals surface area (Å²) in [6.45, 7) is 3.80. The minimum absolute atomic E-state index is 0.576. The molecule has 1 fully saturated rings. The Kier molecular flexibility index (Phi) is 3.78. The highest BCUT2D eigenvalue weighted by molar-refractivity contribution is 5.47. The summed E-state index contributed by atoms with van der Waals surface area (Å²) in [5.41, 5.74) is 6.94. The lowest BCUT2D eigenvalue weighted by atomic mass is 10.1. The zero-order valence-electron chi connectivity index (χ0n) is 10.0. The molecule has 1 aromatic heterocycles. The molecule has 3 heteroatoms. The second-order valence-corrected chi connectivity index (χ2v) is 4.41. The van der Waals surface area contributed by atoms with E-state index in [9.17, 15) is 0 Å². The predicted octanol–water partition coefficient (Wildman–Crippen LogP) is 2.31. The van der Waals surface area contributed by atoms with Gasteiger partial charge in [0.2, 0.25) is 0 Å². The quantitative estimate of drug-likeness (QED) is 0.845. The van der Waals surface area contributed by atoms with Gasteiger partial charge in [0.05, 0.1) is 0 Å². The van der Waals surface area contributed by atoms with Gasteiger partial charge in [-0.1, -0.05) is 18.9 Å². The van der Waals surface area contributed by atoms with Crippen molar-refractivity contribution in [2.24, 2.45) is 5.73 Å². The Labute approximate surface area is 97.7 Å². The predicted molar refractivity (Wildman–Crippen MR) is 67.4 cm³/mol. The zero-order valence-corrected chi connectivity index (χ0v) is 10.0. The number of nitrogens with zero attached hydrogens (tertiary/aromatic N) is 2. The lowest BCUT2D eigenvalue weighted by Crippen LogP contribution is -2.34. The number of aromatic nitrogens is 1. The topological polar surface area (TPSA) is 42.2 Å². The highest BCUT2D eigenvalue weighted by Gasteiger charge is 2.23. The maximum atomic E-state index is 5.78. The van der Waals surface area contributed by atoms with E-state index in [0.717, 1.165) is 17.9 Å². The molecule has 0 aliphatic heterocycles. The van der Waals surface area contributed by atoms with Crippen LogP contribution in [0.5, 0.6) is 0 Å². The minimum Gasteiger partial charge on any atom is -0.354 e. The van der Waals surface area contributed by atoms with E-state index in [0.29, 0.717) is 12.6 Å². The van der Waals surface area contributed by atoms with Gasteiger partial charge in [-0.05, 0) is 25.8 Å². The third-order valence-electron chi connectivity index (χ3n) is 3.47. The Balaban J connectivity index is 2.24. The van der Waals surface area contributed by atoms with Gasteiger partial charge in [-0.2, -0.15) is 0 Å². The SMILES string of the molecule is CCN(c1ncccc1CN)C1CCCC1. The lowest BCUT2D eigenvalue weighted by Gasteiger charge is -2.30. The van der Waals surface area contributed by atoms with Crippen LogP contribution in [-0.2, 0) is 6.54 Å². The number of hydrogen-bond donors (Lipinski definition) is 1. The molecule has 0 aromatic carbocycles. The van der Waals surface area contributed by atoms with Crippen molar-refractivity contribution in [3.05, 3.63) is 23.9 Å². The Morgan fingerprint density at radius 3 is 2.81 bits per heavy atom. The monoisotopic (exact) mass is 219 g/mol. The van der Waals surface area contributed by atoms with Crippen molar-refractivity contribution in [3.63, 3.8) is 0 Å². The Hall–Kier alpha value is -1.09. The Morgan fingerprint density at radius 1 is 1.44 bits per heavy atom. The van der Waals surface area contributed by atoms with E-state index >= 15 is 0 Å². The second kappa shape index (κ2) is 5.30. The van der Waals surface area contributed by atoms with Crippen molar-refractivity contribution >= 4 is 5.82 Å². The molecule has 0 unspecified atom stereocenters. The van der Waals surface area contributed by atoms with Crippen LogP contribution in [0.25, 0.3) is 0 Å². The molecule has 2 rings (SSSR count). The Morgan fingerprint density at radius 2 is 2.19 bits per heavy atom. The molecule has 1 heterocycles. The van der Waals surface area contributed by atoms with Gasteiger partial charge in [-0.25, -0.2) is 4.98 Å². The summed E-state index contributed by atoms with van der Waals surface area (Å²) in [4.78, 5) is 6.94. The van der Waals surface area contributed by atoms with Crippen LogP contribution in [0.2, 0.25) is 0 Å². The maximum absolute atomic E-state index is 5.78. The van der Waals surface area contributed by atoms with Crippen molar-refractivity contribution in [1.29, 1.82) is 0 Å². The third-order valence-corrected chi connectivity index (χ3v) is 3.47. The smallest absolute Gasteiger partial charge is 0.133 e. The van der Waals surface area contributed by atoms with Crippen LogP contribution < -0.4 is 10.6 Å². The highest BCUT2D eigenvalue weighted by Crippen LogP contribution is 2.28. The van der Waals surface area contributed by atoms with Crippen LogP contribution >= 0.6 is 0 Å². The Bertz CT molecular complexity index is 332. The van der Waals surface area contributed by atoms with Gasteiger partial charge in [-0.15, -0.1) is 0 Å². The molecule has 3 nitrogen and oxygen atoms in total. The minimum atomic E-state index is 0.576. The normalized spacial score (nSPS) is 16.6. The van der Waals surface area contributed by atoms with Crippen molar-refractivity contribution in [2.45, 2.75) is 45.2 Å². The molecule has 0 bridgehead atoms. The van der Waals surface area contributed by atoms with Crippen LogP contribution in [0, 0.1) is 0 Å². The highest BCUT2D eigenvalue weighted by atomic mass is 15.2. The first-order valence-electron chi connectivity index (χ1n) is 6.27. The zero-order chi connectivity index (χ0) is 11.4. The molecule has 1 aliphatic rings. The van der Waals surface area contributed by atoms with Crippen molar-refractivity contribution < 1.29 is 0 Å². The molecule has 16 heavy (non-hydrogen) atoms. The first kappa shape index (κ1) is 11.4. The van der Waals surface area contributed by atoms with E-state index in [1.165, 1.54) is 25.7 Å². The van der Waals surface area contributed by atoms with Crippen LogP contribution in [0.1, 0.15) is 38.2 Å². The molecule has 0 saturated heterocycles. The summed E-state index contributed by atoms with van der Waals surface area (Å²) in [6, 6.07) is 4.72. The molecule has 0 spiro atoms. The molecular weight excluding hydrogens is 198 g/mol. The summed E-state index contributed by atoms with van der Waals surface area (Å²) in [7, 11) is 0. The number of rotatable bonds is 4. The van der Waals surface area contributed by atoms with Gasteiger partial charge < -0.3 is 10.6 Å². The standard InChI is InChI=1S/C13H21N3/c1-2-16(12-7-3-4-8-12)13-11(10-14)6-5-9-15-13/h5-6,9,12H,2-4,7-8,10,14H2,1H3. The fourth-order valence-corrected chi connectivity index (χ4v) is 2.65. The van der Waals surface area contributed by atoms with Gasteiger partial charge in [0.15, 0.2) is 0 Å². The number of nitrogens with two attached hydrogens (primary N) is 1. The van der Waals surface area contributed by atoms with E-state index in [1.54, 1.807) is 0 Å². The molecule has 88 valence electrons. The first-order valence-corrected chi connectivity index (χ1v) is 6.27. The fraction of sp³-hybridized carbons (Fsp3) is 0.615. The molecule has 0 atom stereocenters. The molecule has 2 N–H and O–H groups in total. The number of anilines is 1. The molecular formula is C13H21N3. The van der Waals surface area contributed by atoms with Gasteiger partial charge >= 0.3 is 0 Å². The third kappa shape index (κ3) is 2.19. The van der Waals surface area contributed by atoms with Gasteiger partial charge in [0, 0.05) is 30.9 Å². The van der Waals surface area contributed by atoms with Gasteiger partial charge in [0.1, 0.15) is 5.82 Å². The van der Waals surface area contributed by atoms with Crippen molar-refractivity contribution in [2.75, 3.05) is 11.4 Å².